The molecule has 1 fully saturated rings. The molecule has 32 heavy (non-hydrogen) atoms. The number of esters is 1. The van der Waals surface area contributed by atoms with E-state index in [1.807, 2.05) is 74.5 Å². The van der Waals surface area contributed by atoms with E-state index in [-0.39, 0.29) is 18.4 Å². The third-order valence-corrected chi connectivity index (χ3v) is 5.62. The van der Waals surface area contributed by atoms with Gasteiger partial charge in [0, 0.05) is 13.6 Å². The second kappa shape index (κ2) is 10.9. The molecule has 0 bridgehead atoms. The second-order valence-corrected chi connectivity index (χ2v) is 8.12. The largest absolute Gasteiger partial charge is 0.459 e. The Bertz CT molecular complexity index is 918. The number of rotatable bonds is 10. The first-order valence-electron chi connectivity index (χ1n) is 10.9. The quantitative estimate of drug-likeness (QED) is 0.455. The summed E-state index contributed by atoms with van der Waals surface area (Å²) in [6.07, 6.45) is -1.16. The number of hydrogen-bond acceptors (Lipinski definition) is 5. The molecule has 1 heterocycles. The average molecular weight is 439 g/mol. The van der Waals surface area contributed by atoms with Crippen LogP contribution < -0.4 is 5.32 Å². The first-order chi connectivity index (χ1) is 15.4. The predicted octanol–water partition coefficient (Wildman–Crippen LogP) is 2.69. The molecule has 2 aromatic rings. The van der Waals surface area contributed by atoms with Crippen LogP contribution in [-0.2, 0) is 37.0 Å². The van der Waals surface area contributed by atoms with Gasteiger partial charge in [0.25, 0.3) is 5.91 Å². The minimum absolute atomic E-state index is 0.0769. The van der Waals surface area contributed by atoms with Crippen LogP contribution in [0.1, 0.15) is 31.4 Å². The molecule has 2 amide bonds. The Kier molecular flexibility index (Phi) is 8.00. The number of nitrogens with zero attached hydrogens (tertiary/aromatic N) is 1. The van der Waals surface area contributed by atoms with Gasteiger partial charge in [-0.2, -0.15) is 0 Å². The molecule has 0 saturated carbocycles. The van der Waals surface area contributed by atoms with Gasteiger partial charge in [0.1, 0.15) is 12.6 Å². The summed E-state index contributed by atoms with van der Waals surface area (Å²) < 4.78 is 10.5. The topological polar surface area (TPSA) is 88.2 Å². The van der Waals surface area contributed by atoms with Crippen molar-refractivity contribution in [1.82, 2.24) is 10.2 Å². The zero-order valence-corrected chi connectivity index (χ0v) is 18.7. The summed E-state index contributed by atoms with van der Waals surface area (Å²) in [5, 5.41) is 2.79. The van der Waals surface area contributed by atoms with Crippen molar-refractivity contribution < 1.29 is 23.9 Å². The average Bonchev–Trinajstić information content (AvgIpc) is 3.62. The molecule has 7 nitrogen and oxygen atoms in total. The molecule has 3 rings (SSSR count). The molecule has 170 valence electrons. The number of hydrogen-bond donors (Lipinski definition) is 1. The highest BCUT2D eigenvalue weighted by Gasteiger charge is 2.52. The van der Waals surface area contributed by atoms with Gasteiger partial charge in [-0.3, -0.25) is 9.59 Å². The van der Waals surface area contributed by atoms with Crippen LogP contribution in [-0.4, -0.2) is 48.0 Å². The molecule has 4 atom stereocenters. The lowest BCUT2D eigenvalue weighted by atomic mass is 9.97. The van der Waals surface area contributed by atoms with Gasteiger partial charge in [0.05, 0.1) is 0 Å². The third-order valence-electron chi connectivity index (χ3n) is 5.62. The molecule has 1 aliphatic heterocycles. The van der Waals surface area contributed by atoms with E-state index in [4.69, 9.17) is 9.47 Å². The van der Waals surface area contributed by atoms with Gasteiger partial charge in [-0.05, 0) is 17.0 Å². The number of benzene rings is 2. The van der Waals surface area contributed by atoms with Gasteiger partial charge >= 0.3 is 5.97 Å². The highest BCUT2D eigenvalue weighted by Crippen LogP contribution is 2.25. The SMILES string of the molecule is CC[C@H](C)[C@H](NC(=O)[C@H]1O[C@@H]1C(=O)OCc1ccccc1)C(=O)N(C)Cc1ccccc1. The molecule has 0 unspecified atom stereocenters. The van der Waals surface area contributed by atoms with Gasteiger partial charge in [-0.1, -0.05) is 80.9 Å². The zero-order valence-electron chi connectivity index (χ0n) is 18.7. The van der Waals surface area contributed by atoms with E-state index >= 15 is 0 Å². The molecule has 0 radical (unpaired) electrons. The van der Waals surface area contributed by atoms with Crippen LogP contribution in [0.3, 0.4) is 0 Å². The van der Waals surface area contributed by atoms with Crippen LogP contribution >= 0.6 is 0 Å². The van der Waals surface area contributed by atoms with E-state index in [0.717, 1.165) is 11.1 Å². The Hall–Kier alpha value is -3.19. The van der Waals surface area contributed by atoms with Gasteiger partial charge in [-0.25, -0.2) is 4.79 Å². The summed E-state index contributed by atoms with van der Waals surface area (Å²) in [7, 11) is 1.72. The van der Waals surface area contributed by atoms with Crippen molar-refractivity contribution in [1.29, 1.82) is 0 Å². The van der Waals surface area contributed by atoms with Crippen molar-refractivity contribution in [3.8, 4) is 0 Å². The molecule has 1 N–H and O–H groups in total. The Balaban J connectivity index is 1.54. The molecule has 1 aliphatic rings. The number of epoxide rings is 1. The lowest BCUT2D eigenvalue weighted by Crippen LogP contribution is -2.51. The Labute approximate surface area is 188 Å². The molecule has 0 aromatic heterocycles. The van der Waals surface area contributed by atoms with Crippen molar-refractivity contribution >= 4 is 17.8 Å². The highest BCUT2D eigenvalue weighted by atomic mass is 16.6. The number of nitrogens with one attached hydrogen (secondary N) is 1. The summed E-state index contributed by atoms with van der Waals surface area (Å²) in [5.41, 5.74) is 1.86. The Morgan fingerprint density at radius 3 is 2.19 bits per heavy atom. The van der Waals surface area contributed by atoms with E-state index in [0.29, 0.717) is 13.0 Å². The summed E-state index contributed by atoms with van der Waals surface area (Å²) in [5.74, 6) is -1.31. The molecule has 0 aliphatic carbocycles. The second-order valence-electron chi connectivity index (χ2n) is 8.12. The molecule has 1 saturated heterocycles. The van der Waals surface area contributed by atoms with E-state index in [2.05, 4.69) is 5.32 Å². The number of likely N-dealkylation sites (N-methyl/N-ethyl adjacent to an activating group) is 1. The van der Waals surface area contributed by atoms with Crippen molar-refractivity contribution in [2.75, 3.05) is 7.05 Å². The maximum absolute atomic E-state index is 13.1. The standard InChI is InChI=1S/C25H30N2O5/c1-4-17(2)20(24(29)27(3)15-18-11-7-5-8-12-18)26-23(28)21-22(32-21)25(30)31-16-19-13-9-6-10-14-19/h5-14,17,20-22H,4,15-16H2,1-3H3,(H,26,28)/t17-,20-,21-,22-/m0/s1. The fourth-order valence-corrected chi connectivity index (χ4v) is 3.39. The Morgan fingerprint density at radius 1 is 1.00 bits per heavy atom. The van der Waals surface area contributed by atoms with Crippen LogP contribution in [0, 0.1) is 5.92 Å². The van der Waals surface area contributed by atoms with E-state index < -0.39 is 30.1 Å². The maximum atomic E-state index is 13.1. The monoisotopic (exact) mass is 438 g/mol. The highest BCUT2D eigenvalue weighted by molar-refractivity contribution is 5.95. The van der Waals surface area contributed by atoms with E-state index in [1.54, 1.807) is 11.9 Å². The van der Waals surface area contributed by atoms with Crippen molar-refractivity contribution in [3.63, 3.8) is 0 Å². The lowest BCUT2D eigenvalue weighted by molar-refractivity contribution is -0.146. The molecule has 0 spiro atoms. The Morgan fingerprint density at radius 2 is 1.59 bits per heavy atom. The number of carbonyl (C=O) groups is 3. The lowest BCUT2D eigenvalue weighted by Gasteiger charge is -2.28. The number of ether oxygens (including phenoxy) is 2. The third kappa shape index (κ3) is 6.17. The van der Waals surface area contributed by atoms with Gasteiger partial charge in [-0.15, -0.1) is 0 Å². The van der Waals surface area contributed by atoms with Crippen molar-refractivity contribution in [2.45, 2.75) is 51.7 Å². The summed E-state index contributed by atoms with van der Waals surface area (Å²) >= 11 is 0. The van der Waals surface area contributed by atoms with Gasteiger partial charge < -0.3 is 19.7 Å². The van der Waals surface area contributed by atoms with Crippen molar-refractivity contribution in [2.24, 2.45) is 5.92 Å². The normalized spacial score (nSPS) is 18.8. The zero-order chi connectivity index (χ0) is 23.1. The van der Waals surface area contributed by atoms with E-state index in [9.17, 15) is 14.4 Å². The van der Waals surface area contributed by atoms with E-state index in [1.165, 1.54) is 0 Å². The molecular formula is C25H30N2O5. The molecular weight excluding hydrogens is 408 g/mol. The first-order valence-corrected chi connectivity index (χ1v) is 10.9. The smallest absolute Gasteiger partial charge is 0.338 e. The minimum Gasteiger partial charge on any atom is -0.459 e. The number of carbonyl (C=O) groups excluding carboxylic acids is 3. The van der Waals surface area contributed by atoms with Crippen LogP contribution in [0.2, 0.25) is 0 Å². The minimum atomic E-state index is -0.937. The van der Waals surface area contributed by atoms with Crippen molar-refractivity contribution in [3.05, 3.63) is 71.8 Å². The number of amides is 2. The van der Waals surface area contributed by atoms with Crippen LogP contribution in [0.25, 0.3) is 0 Å². The maximum Gasteiger partial charge on any atom is 0.338 e. The fourth-order valence-electron chi connectivity index (χ4n) is 3.39. The predicted molar refractivity (Wildman–Crippen MR) is 119 cm³/mol. The van der Waals surface area contributed by atoms with Crippen LogP contribution in [0.15, 0.2) is 60.7 Å². The van der Waals surface area contributed by atoms with Gasteiger partial charge in [0.2, 0.25) is 5.91 Å². The first kappa shape index (κ1) is 23.5. The van der Waals surface area contributed by atoms with Gasteiger partial charge in [0.15, 0.2) is 12.2 Å². The van der Waals surface area contributed by atoms with Crippen LogP contribution in [0.4, 0.5) is 0 Å². The summed E-state index contributed by atoms with van der Waals surface area (Å²) in [4.78, 5) is 39.6. The molecule has 7 heteroatoms. The summed E-state index contributed by atoms with van der Waals surface area (Å²) in [6.45, 7) is 4.44. The summed E-state index contributed by atoms with van der Waals surface area (Å²) in [6, 6.07) is 18.2. The fraction of sp³-hybridized carbons (Fsp3) is 0.400. The van der Waals surface area contributed by atoms with Crippen LogP contribution in [0.5, 0.6) is 0 Å². The molecule has 2 aromatic carbocycles.